The van der Waals surface area contributed by atoms with Crippen molar-refractivity contribution in [2.45, 2.75) is 19.4 Å². The maximum absolute atomic E-state index is 11.8. The Labute approximate surface area is 88.5 Å². The highest BCUT2D eigenvalue weighted by Crippen LogP contribution is 2.10. The molecule has 0 aliphatic heterocycles. The SMILES string of the molecule is Cc1ccc(C(N)CNCC(F)F)cc1. The average molecular weight is 214 g/mol. The van der Waals surface area contributed by atoms with Crippen molar-refractivity contribution >= 4 is 0 Å². The number of rotatable bonds is 5. The first-order valence-electron chi connectivity index (χ1n) is 4.90. The molecule has 84 valence electrons. The van der Waals surface area contributed by atoms with Gasteiger partial charge in [0.25, 0.3) is 6.43 Å². The number of benzene rings is 1. The summed E-state index contributed by atoms with van der Waals surface area (Å²) in [7, 11) is 0. The summed E-state index contributed by atoms with van der Waals surface area (Å²) in [5.41, 5.74) is 7.94. The van der Waals surface area contributed by atoms with E-state index < -0.39 is 6.43 Å². The van der Waals surface area contributed by atoms with Crippen LogP contribution in [0.4, 0.5) is 8.78 Å². The van der Waals surface area contributed by atoms with Crippen LogP contribution in [0.25, 0.3) is 0 Å². The van der Waals surface area contributed by atoms with E-state index in [1.165, 1.54) is 0 Å². The van der Waals surface area contributed by atoms with E-state index in [-0.39, 0.29) is 12.6 Å². The summed E-state index contributed by atoms with van der Waals surface area (Å²) in [6, 6.07) is 7.53. The van der Waals surface area contributed by atoms with Gasteiger partial charge in [-0.05, 0) is 12.5 Å². The van der Waals surface area contributed by atoms with E-state index in [9.17, 15) is 8.78 Å². The minimum absolute atomic E-state index is 0.232. The molecule has 1 unspecified atom stereocenters. The maximum atomic E-state index is 11.8. The van der Waals surface area contributed by atoms with E-state index in [0.29, 0.717) is 6.54 Å². The van der Waals surface area contributed by atoms with E-state index in [4.69, 9.17) is 5.73 Å². The van der Waals surface area contributed by atoms with Gasteiger partial charge in [-0.3, -0.25) is 0 Å². The third-order valence-corrected chi connectivity index (χ3v) is 2.17. The van der Waals surface area contributed by atoms with Crippen molar-refractivity contribution < 1.29 is 8.78 Å². The van der Waals surface area contributed by atoms with Crippen molar-refractivity contribution in [2.24, 2.45) is 5.73 Å². The molecule has 0 bridgehead atoms. The first-order valence-corrected chi connectivity index (χ1v) is 4.90. The number of halogens is 2. The number of alkyl halides is 2. The van der Waals surface area contributed by atoms with Gasteiger partial charge in [-0.2, -0.15) is 0 Å². The predicted octanol–water partition coefficient (Wildman–Crippen LogP) is 1.85. The predicted molar refractivity (Wildman–Crippen MR) is 57.0 cm³/mol. The second-order valence-electron chi connectivity index (χ2n) is 3.57. The molecule has 3 N–H and O–H groups in total. The van der Waals surface area contributed by atoms with Crippen LogP contribution < -0.4 is 11.1 Å². The molecule has 0 spiro atoms. The smallest absolute Gasteiger partial charge is 0.250 e. The van der Waals surface area contributed by atoms with Gasteiger partial charge in [-0.15, -0.1) is 0 Å². The molecule has 1 aromatic carbocycles. The first-order chi connectivity index (χ1) is 7.09. The Morgan fingerprint density at radius 2 is 1.80 bits per heavy atom. The average Bonchev–Trinajstić information content (AvgIpc) is 2.18. The molecule has 0 heterocycles. The number of hydrogen-bond donors (Lipinski definition) is 2. The van der Waals surface area contributed by atoms with Crippen LogP contribution >= 0.6 is 0 Å². The third-order valence-electron chi connectivity index (χ3n) is 2.17. The number of hydrogen-bond acceptors (Lipinski definition) is 2. The van der Waals surface area contributed by atoms with E-state index in [1.54, 1.807) is 0 Å². The van der Waals surface area contributed by atoms with E-state index in [2.05, 4.69) is 5.32 Å². The Kier molecular flexibility index (Phi) is 4.65. The van der Waals surface area contributed by atoms with Crippen molar-refractivity contribution in [1.29, 1.82) is 0 Å². The topological polar surface area (TPSA) is 38.0 Å². The largest absolute Gasteiger partial charge is 0.323 e. The number of nitrogens with two attached hydrogens (primary N) is 1. The highest BCUT2D eigenvalue weighted by atomic mass is 19.3. The lowest BCUT2D eigenvalue weighted by atomic mass is 10.1. The molecule has 2 nitrogen and oxygen atoms in total. The van der Waals surface area contributed by atoms with E-state index in [1.807, 2.05) is 31.2 Å². The molecule has 1 atom stereocenters. The van der Waals surface area contributed by atoms with Crippen molar-refractivity contribution in [3.05, 3.63) is 35.4 Å². The minimum atomic E-state index is -2.32. The van der Waals surface area contributed by atoms with E-state index in [0.717, 1.165) is 11.1 Å². The van der Waals surface area contributed by atoms with Crippen LogP contribution in [0.5, 0.6) is 0 Å². The molecule has 0 saturated heterocycles. The molecule has 1 aromatic rings. The third kappa shape index (κ3) is 4.36. The zero-order valence-corrected chi connectivity index (χ0v) is 8.71. The summed E-state index contributed by atoms with van der Waals surface area (Å²) in [4.78, 5) is 0. The molecule has 0 saturated carbocycles. The molecule has 0 aliphatic carbocycles. The zero-order chi connectivity index (χ0) is 11.3. The fourth-order valence-electron chi connectivity index (χ4n) is 1.28. The molecule has 1 rings (SSSR count). The quantitative estimate of drug-likeness (QED) is 0.785. The molecular formula is C11H16F2N2. The fraction of sp³-hybridized carbons (Fsp3) is 0.455. The van der Waals surface area contributed by atoms with Crippen LogP contribution in [-0.2, 0) is 0 Å². The molecule has 4 heteroatoms. The Bertz CT molecular complexity index is 285. The van der Waals surface area contributed by atoms with Gasteiger partial charge < -0.3 is 11.1 Å². The second kappa shape index (κ2) is 5.78. The van der Waals surface area contributed by atoms with Gasteiger partial charge >= 0.3 is 0 Å². The summed E-state index contributed by atoms with van der Waals surface area (Å²) in [6.07, 6.45) is -2.32. The van der Waals surface area contributed by atoms with Crippen molar-refractivity contribution in [3.63, 3.8) is 0 Å². The van der Waals surface area contributed by atoms with Crippen molar-refractivity contribution in [1.82, 2.24) is 5.32 Å². The molecule has 15 heavy (non-hydrogen) atoms. The number of aryl methyl sites for hydroxylation is 1. The molecule has 0 fully saturated rings. The molecule has 0 amide bonds. The van der Waals surface area contributed by atoms with Crippen LogP contribution in [-0.4, -0.2) is 19.5 Å². The normalized spacial score (nSPS) is 13.1. The summed E-state index contributed by atoms with van der Waals surface area (Å²) in [5, 5.41) is 2.62. The maximum Gasteiger partial charge on any atom is 0.250 e. The standard InChI is InChI=1S/C11H16F2N2/c1-8-2-4-9(5-3-8)10(14)6-15-7-11(12)13/h2-5,10-11,15H,6-7,14H2,1H3. The van der Waals surface area contributed by atoms with Crippen LogP contribution in [0.2, 0.25) is 0 Å². The monoisotopic (exact) mass is 214 g/mol. The van der Waals surface area contributed by atoms with Crippen molar-refractivity contribution in [3.8, 4) is 0 Å². The van der Waals surface area contributed by atoms with Crippen molar-refractivity contribution in [2.75, 3.05) is 13.1 Å². The Hall–Kier alpha value is -1.00. The Morgan fingerprint density at radius 3 is 2.33 bits per heavy atom. The molecular weight excluding hydrogens is 198 g/mol. The molecule has 0 aromatic heterocycles. The van der Waals surface area contributed by atoms with Gasteiger partial charge in [0.1, 0.15) is 0 Å². The lowest BCUT2D eigenvalue weighted by Gasteiger charge is -2.13. The van der Waals surface area contributed by atoms with Gasteiger partial charge in [0.05, 0.1) is 6.54 Å². The fourth-order valence-corrected chi connectivity index (χ4v) is 1.28. The molecule has 0 radical (unpaired) electrons. The minimum Gasteiger partial charge on any atom is -0.323 e. The van der Waals surface area contributed by atoms with Gasteiger partial charge in [-0.1, -0.05) is 29.8 Å². The van der Waals surface area contributed by atoms with Gasteiger partial charge in [0.15, 0.2) is 0 Å². The van der Waals surface area contributed by atoms with Crippen LogP contribution in [0.1, 0.15) is 17.2 Å². The Morgan fingerprint density at radius 1 is 1.20 bits per heavy atom. The zero-order valence-electron chi connectivity index (χ0n) is 8.71. The number of nitrogens with one attached hydrogen (secondary N) is 1. The summed E-state index contributed by atoms with van der Waals surface area (Å²) < 4.78 is 23.7. The highest BCUT2D eigenvalue weighted by molar-refractivity contribution is 5.23. The van der Waals surface area contributed by atoms with E-state index >= 15 is 0 Å². The van der Waals surface area contributed by atoms with Gasteiger partial charge in [0, 0.05) is 12.6 Å². The lowest BCUT2D eigenvalue weighted by molar-refractivity contribution is 0.145. The lowest BCUT2D eigenvalue weighted by Crippen LogP contribution is -2.30. The first kappa shape index (κ1) is 12.1. The van der Waals surface area contributed by atoms with Crippen LogP contribution in [0.3, 0.4) is 0 Å². The second-order valence-corrected chi connectivity index (χ2v) is 3.57. The van der Waals surface area contributed by atoms with Crippen LogP contribution in [0, 0.1) is 6.92 Å². The Balaban J connectivity index is 2.40. The highest BCUT2D eigenvalue weighted by Gasteiger charge is 2.07. The molecule has 0 aliphatic rings. The van der Waals surface area contributed by atoms with Gasteiger partial charge in [0.2, 0.25) is 0 Å². The summed E-state index contributed by atoms with van der Waals surface area (Å²) in [5.74, 6) is 0. The summed E-state index contributed by atoms with van der Waals surface area (Å²) >= 11 is 0. The van der Waals surface area contributed by atoms with Gasteiger partial charge in [-0.25, -0.2) is 8.78 Å². The van der Waals surface area contributed by atoms with Crippen LogP contribution in [0.15, 0.2) is 24.3 Å². The summed E-state index contributed by atoms with van der Waals surface area (Å²) in [6.45, 7) is 2.05.